The molecule has 2 heterocycles. The fraction of sp³-hybridized carbons (Fsp3) is 0.231. The molecule has 20 heavy (non-hydrogen) atoms. The monoisotopic (exact) mass is 313 g/mol. The number of aromatic nitrogens is 3. The maximum atomic E-state index is 14.1. The summed E-state index contributed by atoms with van der Waals surface area (Å²) < 4.78 is 29.1. The summed E-state index contributed by atoms with van der Waals surface area (Å²) >= 11 is 7.21. The van der Waals surface area contributed by atoms with Gasteiger partial charge in [0.25, 0.3) is 0 Å². The molecule has 3 rings (SSSR count). The van der Waals surface area contributed by atoms with Crippen molar-refractivity contribution in [3.8, 4) is 0 Å². The van der Waals surface area contributed by atoms with Gasteiger partial charge >= 0.3 is 0 Å². The highest BCUT2D eigenvalue weighted by atomic mass is 35.5. The van der Waals surface area contributed by atoms with Gasteiger partial charge in [-0.15, -0.1) is 22.9 Å². The third kappa shape index (κ3) is 2.29. The lowest BCUT2D eigenvalue weighted by Gasteiger charge is -2.07. The van der Waals surface area contributed by atoms with E-state index in [2.05, 4.69) is 9.97 Å². The fourth-order valence-electron chi connectivity index (χ4n) is 2.13. The van der Waals surface area contributed by atoms with E-state index < -0.39 is 11.6 Å². The van der Waals surface area contributed by atoms with Gasteiger partial charge < -0.3 is 4.57 Å². The second kappa shape index (κ2) is 5.46. The molecule has 0 saturated heterocycles. The molecule has 7 heteroatoms. The van der Waals surface area contributed by atoms with Gasteiger partial charge in [-0.2, -0.15) is 0 Å². The quantitative estimate of drug-likeness (QED) is 0.689. The molecule has 104 valence electrons. The number of nitrogens with zero attached hydrogens (tertiary/aromatic N) is 3. The van der Waals surface area contributed by atoms with Crippen molar-refractivity contribution in [1.29, 1.82) is 0 Å². The van der Waals surface area contributed by atoms with Crippen molar-refractivity contribution in [2.24, 2.45) is 0 Å². The molecular weight excluding hydrogens is 304 g/mol. The Labute approximate surface area is 122 Å². The lowest BCUT2D eigenvalue weighted by atomic mass is 10.3. The van der Waals surface area contributed by atoms with E-state index in [1.165, 1.54) is 17.4 Å². The minimum absolute atomic E-state index is 0.165. The molecule has 0 aliphatic rings. The van der Waals surface area contributed by atoms with E-state index >= 15 is 0 Å². The highest BCUT2D eigenvalue weighted by molar-refractivity contribution is 7.07. The Morgan fingerprint density at radius 2 is 2.15 bits per heavy atom. The van der Waals surface area contributed by atoms with Gasteiger partial charge in [-0.05, 0) is 12.1 Å². The smallest absolute Gasteiger partial charge is 0.184 e. The molecule has 0 atom stereocenters. The summed E-state index contributed by atoms with van der Waals surface area (Å²) in [5, 5.41) is 1.87. The lowest BCUT2D eigenvalue weighted by Crippen LogP contribution is -2.07. The van der Waals surface area contributed by atoms with Crippen molar-refractivity contribution >= 4 is 34.0 Å². The summed E-state index contributed by atoms with van der Waals surface area (Å²) in [6.07, 6.45) is 0.488. The van der Waals surface area contributed by atoms with Crippen LogP contribution >= 0.6 is 22.9 Å². The molecule has 0 spiro atoms. The topological polar surface area (TPSA) is 30.7 Å². The number of hydrogen-bond donors (Lipinski definition) is 0. The number of alkyl halides is 1. The van der Waals surface area contributed by atoms with Gasteiger partial charge in [0.2, 0.25) is 0 Å². The van der Waals surface area contributed by atoms with Gasteiger partial charge in [0.1, 0.15) is 11.3 Å². The first kappa shape index (κ1) is 13.5. The molecule has 2 aromatic heterocycles. The van der Waals surface area contributed by atoms with Crippen LogP contribution < -0.4 is 0 Å². The summed E-state index contributed by atoms with van der Waals surface area (Å²) in [5.41, 5.74) is 3.08. The number of benzene rings is 1. The van der Waals surface area contributed by atoms with Crippen molar-refractivity contribution in [3.63, 3.8) is 0 Å². The van der Waals surface area contributed by atoms with Crippen LogP contribution in [0.1, 0.15) is 11.5 Å². The second-order valence-electron chi connectivity index (χ2n) is 4.26. The third-order valence-electron chi connectivity index (χ3n) is 3.00. The number of rotatable bonds is 4. The molecular formula is C13H10ClF2N3S. The van der Waals surface area contributed by atoms with Gasteiger partial charge in [0.15, 0.2) is 11.6 Å². The number of fused-ring (bicyclic) bond motifs is 1. The van der Waals surface area contributed by atoms with E-state index in [9.17, 15) is 8.78 Å². The summed E-state index contributed by atoms with van der Waals surface area (Å²) in [4.78, 5) is 8.50. The van der Waals surface area contributed by atoms with Gasteiger partial charge in [-0.25, -0.2) is 18.7 Å². The zero-order chi connectivity index (χ0) is 14.1. The zero-order valence-electron chi connectivity index (χ0n) is 10.3. The predicted octanol–water partition coefficient (Wildman–Crippen LogP) is 3.60. The van der Waals surface area contributed by atoms with Crippen LogP contribution in [0.25, 0.3) is 11.0 Å². The zero-order valence-corrected chi connectivity index (χ0v) is 11.9. The standard InChI is InChI=1S/C13H10ClF2N3S/c14-4-3-11-18-10-2-1-9(15)12(16)13(10)19(11)5-8-6-20-7-17-8/h1-2,6-7H,3-5H2. The number of thiazole rings is 1. The lowest BCUT2D eigenvalue weighted by molar-refractivity contribution is 0.511. The van der Waals surface area contributed by atoms with E-state index in [4.69, 9.17) is 11.6 Å². The van der Waals surface area contributed by atoms with E-state index in [1.807, 2.05) is 5.38 Å². The predicted molar refractivity (Wildman–Crippen MR) is 75.3 cm³/mol. The number of aryl methyl sites for hydroxylation is 1. The summed E-state index contributed by atoms with van der Waals surface area (Å²) in [7, 11) is 0. The van der Waals surface area contributed by atoms with Crippen LogP contribution in [0.2, 0.25) is 0 Å². The molecule has 0 aliphatic carbocycles. The van der Waals surface area contributed by atoms with Crippen molar-refractivity contribution in [2.75, 3.05) is 5.88 Å². The molecule has 0 radical (unpaired) electrons. The Morgan fingerprint density at radius 3 is 2.85 bits per heavy atom. The van der Waals surface area contributed by atoms with Crippen molar-refractivity contribution < 1.29 is 8.78 Å². The highest BCUT2D eigenvalue weighted by Crippen LogP contribution is 2.23. The molecule has 1 aromatic carbocycles. The van der Waals surface area contributed by atoms with Crippen LogP contribution in [0, 0.1) is 11.6 Å². The summed E-state index contributed by atoms with van der Waals surface area (Å²) in [6, 6.07) is 2.56. The van der Waals surface area contributed by atoms with Crippen molar-refractivity contribution in [1.82, 2.24) is 14.5 Å². The Bertz CT molecular complexity index is 740. The van der Waals surface area contributed by atoms with Crippen molar-refractivity contribution in [2.45, 2.75) is 13.0 Å². The van der Waals surface area contributed by atoms with Crippen LogP contribution in [-0.2, 0) is 13.0 Å². The molecule has 0 saturated carbocycles. The normalized spacial score (nSPS) is 11.3. The van der Waals surface area contributed by atoms with E-state index in [0.29, 0.717) is 30.2 Å². The first-order valence-corrected chi connectivity index (χ1v) is 7.44. The first-order chi connectivity index (χ1) is 9.70. The largest absolute Gasteiger partial charge is 0.319 e. The van der Waals surface area contributed by atoms with E-state index in [1.54, 1.807) is 10.1 Å². The number of halogens is 3. The Balaban J connectivity index is 2.19. The minimum atomic E-state index is -0.883. The first-order valence-electron chi connectivity index (χ1n) is 5.97. The Morgan fingerprint density at radius 1 is 1.30 bits per heavy atom. The van der Waals surface area contributed by atoms with Crippen LogP contribution in [0.3, 0.4) is 0 Å². The number of hydrogen-bond acceptors (Lipinski definition) is 3. The minimum Gasteiger partial charge on any atom is -0.319 e. The average molecular weight is 314 g/mol. The molecule has 0 bridgehead atoms. The molecule has 0 amide bonds. The molecule has 3 nitrogen and oxygen atoms in total. The van der Waals surface area contributed by atoms with Gasteiger partial charge in [0.05, 0.1) is 23.3 Å². The van der Waals surface area contributed by atoms with Crippen LogP contribution in [-0.4, -0.2) is 20.4 Å². The van der Waals surface area contributed by atoms with E-state index in [0.717, 1.165) is 11.8 Å². The maximum Gasteiger partial charge on any atom is 0.184 e. The SMILES string of the molecule is Fc1ccc2nc(CCCl)n(Cc3cscn3)c2c1F. The van der Waals surface area contributed by atoms with Gasteiger partial charge in [-0.1, -0.05) is 0 Å². The molecule has 3 aromatic rings. The molecule has 0 N–H and O–H groups in total. The Kier molecular flexibility index (Phi) is 3.67. The molecule has 0 fully saturated rings. The van der Waals surface area contributed by atoms with Gasteiger partial charge in [0, 0.05) is 17.7 Å². The van der Waals surface area contributed by atoms with Crippen LogP contribution in [0.5, 0.6) is 0 Å². The molecule has 0 unspecified atom stereocenters. The third-order valence-corrected chi connectivity index (χ3v) is 3.82. The van der Waals surface area contributed by atoms with Gasteiger partial charge in [-0.3, -0.25) is 0 Å². The summed E-state index contributed by atoms with van der Waals surface area (Å²) in [5.74, 6) is -0.766. The number of imidazole rings is 1. The van der Waals surface area contributed by atoms with Crippen LogP contribution in [0.4, 0.5) is 8.78 Å². The van der Waals surface area contributed by atoms with E-state index in [-0.39, 0.29) is 5.52 Å². The molecule has 0 aliphatic heterocycles. The average Bonchev–Trinajstić information content (AvgIpc) is 3.04. The Hall–Kier alpha value is -1.53. The highest BCUT2D eigenvalue weighted by Gasteiger charge is 2.17. The van der Waals surface area contributed by atoms with Crippen LogP contribution in [0.15, 0.2) is 23.0 Å². The second-order valence-corrected chi connectivity index (χ2v) is 5.36. The van der Waals surface area contributed by atoms with Crippen molar-refractivity contribution in [3.05, 3.63) is 46.2 Å². The fourth-order valence-corrected chi connectivity index (χ4v) is 2.85. The summed E-state index contributed by atoms with van der Waals surface area (Å²) in [6.45, 7) is 0.354. The maximum absolute atomic E-state index is 14.1.